The third-order valence-electron chi connectivity index (χ3n) is 7.12. The average Bonchev–Trinajstić information content (AvgIpc) is 3.66. The summed E-state index contributed by atoms with van der Waals surface area (Å²) in [7, 11) is 0. The summed E-state index contributed by atoms with van der Waals surface area (Å²) in [5.74, 6) is -0.572. The molecule has 2 unspecified atom stereocenters. The molecule has 1 aromatic heterocycles. The Morgan fingerprint density at radius 3 is 2.61 bits per heavy atom. The van der Waals surface area contributed by atoms with E-state index in [2.05, 4.69) is 4.98 Å². The lowest BCUT2D eigenvalue weighted by molar-refractivity contribution is -0.122. The van der Waals surface area contributed by atoms with Crippen LogP contribution in [0.1, 0.15) is 35.2 Å². The number of fused-ring (bicyclic) bond motifs is 1. The summed E-state index contributed by atoms with van der Waals surface area (Å²) in [4.78, 5) is 47.6. The Kier molecular flexibility index (Phi) is 6.25. The minimum atomic E-state index is -0.892. The summed E-state index contributed by atoms with van der Waals surface area (Å²) in [6.07, 6.45) is 1.49. The molecule has 0 bridgehead atoms. The van der Waals surface area contributed by atoms with Crippen LogP contribution in [0.2, 0.25) is 0 Å². The minimum Gasteiger partial charge on any atom is -0.436 e. The van der Waals surface area contributed by atoms with Crippen LogP contribution in [0.5, 0.6) is 0 Å². The lowest BCUT2D eigenvalue weighted by Crippen LogP contribution is -2.48. The zero-order valence-electron chi connectivity index (χ0n) is 21.0. The molecule has 0 N–H and O–H groups in total. The highest BCUT2D eigenvalue weighted by molar-refractivity contribution is 6.23. The number of rotatable bonds is 6. The normalized spacial score (nSPS) is 19.4. The summed E-state index contributed by atoms with van der Waals surface area (Å²) in [6, 6.07) is 20.8. The fourth-order valence-electron chi connectivity index (χ4n) is 5.18. The van der Waals surface area contributed by atoms with Gasteiger partial charge in [0.2, 0.25) is 11.8 Å². The smallest absolute Gasteiger partial charge is 0.257 e. The first kappa shape index (κ1) is 24.1. The molecule has 2 atom stereocenters. The molecule has 0 saturated carbocycles. The van der Waals surface area contributed by atoms with Gasteiger partial charge in [0.05, 0.1) is 18.2 Å². The van der Waals surface area contributed by atoms with Gasteiger partial charge in [-0.15, -0.1) is 0 Å². The first-order valence-electron chi connectivity index (χ1n) is 12.8. The maximum atomic E-state index is 13.6. The van der Waals surface area contributed by atoms with Crippen molar-refractivity contribution in [1.82, 2.24) is 9.88 Å². The van der Waals surface area contributed by atoms with Gasteiger partial charge in [0.15, 0.2) is 5.58 Å². The molecular formula is C30H27N3O5. The van der Waals surface area contributed by atoms with Crippen molar-refractivity contribution in [2.24, 2.45) is 0 Å². The van der Waals surface area contributed by atoms with E-state index in [-0.39, 0.29) is 30.9 Å². The van der Waals surface area contributed by atoms with Gasteiger partial charge in [0.1, 0.15) is 11.6 Å². The Hall–Kier alpha value is -4.30. The van der Waals surface area contributed by atoms with E-state index in [0.29, 0.717) is 29.3 Å². The van der Waals surface area contributed by atoms with Crippen molar-refractivity contribution in [2.75, 3.05) is 18.1 Å². The summed E-state index contributed by atoms with van der Waals surface area (Å²) in [5.41, 5.74) is 4.05. The second-order valence-electron chi connectivity index (χ2n) is 9.78. The van der Waals surface area contributed by atoms with Crippen LogP contribution in [-0.2, 0) is 14.3 Å². The predicted octanol–water partition coefficient (Wildman–Crippen LogP) is 4.76. The maximum absolute atomic E-state index is 13.6. The van der Waals surface area contributed by atoms with E-state index in [0.717, 1.165) is 29.5 Å². The number of aromatic nitrogens is 1. The molecular weight excluding hydrogens is 482 g/mol. The number of hydrogen-bond acceptors (Lipinski definition) is 6. The fraction of sp³-hybridized carbons (Fsp3) is 0.267. The topological polar surface area (TPSA) is 92.9 Å². The second-order valence-corrected chi connectivity index (χ2v) is 9.78. The zero-order chi connectivity index (χ0) is 26.2. The van der Waals surface area contributed by atoms with Crippen LogP contribution in [-0.4, -0.2) is 52.9 Å². The van der Waals surface area contributed by atoms with Gasteiger partial charge in [0, 0.05) is 24.3 Å². The largest absolute Gasteiger partial charge is 0.436 e. The molecule has 192 valence electrons. The summed E-state index contributed by atoms with van der Waals surface area (Å²) < 4.78 is 11.6. The van der Waals surface area contributed by atoms with E-state index in [1.807, 2.05) is 43.3 Å². The Morgan fingerprint density at radius 1 is 1.05 bits per heavy atom. The predicted molar refractivity (Wildman–Crippen MR) is 142 cm³/mol. The summed E-state index contributed by atoms with van der Waals surface area (Å²) in [5, 5.41) is 0. The first-order chi connectivity index (χ1) is 18.5. The molecule has 4 aromatic rings. The minimum absolute atomic E-state index is 0.0734. The Bertz CT molecular complexity index is 1490. The van der Waals surface area contributed by atoms with Gasteiger partial charge < -0.3 is 14.1 Å². The van der Waals surface area contributed by atoms with Crippen LogP contribution in [0.4, 0.5) is 5.69 Å². The third-order valence-corrected chi connectivity index (χ3v) is 7.12. The lowest BCUT2D eigenvalue weighted by Gasteiger charge is -2.30. The van der Waals surface area contributed by atoms with Gasteiger partial charge >= 0.3 is 0 Å². The number of carbonyl (C=O) groups is 3. The number of anilines is 1. The molecule has 2 aliphatic rings. The average molecular weight is 510 g/mol. The molecule has 0 radical (unpaired) electrons. The van der Waals surface area contributed by atoms with Gasteiger partial charge in [0.25, 0.3) is 11.8 Å². The molecule has 2 saturated heterocycles. The number of benzene rings is 3. The maximum Gasteiger partial charge on any atom is 0.257 e. The number of para-hydroxylation sites is 2. The number of nitrogens with zero attached hydrogens (tertiary/aromatic N) is 3. The van der Waals surface area contributed by atoms with Crippen LogP contribution in [0.25, 0.3) is 22.6 Å². The van der Waals surface area contributed by atoms with E-state index in [1.165, 1.54) is 9.80 Å². The number of hydrogen-bond donors (Lipinski definition) is 0. The molecule has 0 aliphatic carbocycles. The van der Waals surface area contributed by atoms with Crippen molar-refractivity contribution < 1.29 is 23.5 Å². The quantitative estimate of drug-likeness (QED) is 0.348. The molecule has 3 amide bonds. The number of imide groups is 1. The van der Waals surface area contributed by atoms with Crippen molar-refractivity contribution in [3.63, 3.8) is 0 Å². The molecule has 3 aromatic carbocycles. The molecule has 2 aliphatic heterocycles. The number of carbonyl (C=O) groups excluding carboxylic acids is 3. The van der Waals surface area contributed by atoms with Crippen molar-refractivity contribution in [3.05, 3.63) is 83.9 Å². The van der Waals surface area contributed by atoms with E-state index in [1.54, 1.807) is 36.4 Å². The van der Waals surface area contributed by atoms with Gasteiger partial charge in [-0.05, 0) is 68.3 Å². The number of oxazole rings is 1. The molecule has 2 fully saturated rings. The van der Waals surface area contributed by atoms with Gasteiger partial charge in [-0.1, -0.05) is 29.8 Å². The van der Waals surface area contributed by atoms with Crippen molar-refractivity contribution in [2.45, 2.75) is 38.3 Å². The molecule has 0 spiro atoms. The van der Waals surface area contributed by atoms with E-state index < -0.39 is 11.9 Å². The van der Waals surface area contributed by atoms with Crippen LogP contribution in [0, 0.1) is 6.92 Å². The highest BCUT2D eigenvalue weighted by Gasteiger charge is 2.45. The summed E-state index contributed by atoms with van der Waals surface area (Å²) >= 11 is 0. The van der Waals surface area contributed by atoms with Crippen LogP contribution < -0.4 is 4.90 Å². The molecule has 38 heavy (non-hydrogen) atoms. The van der Waals surface area contributed by atoms with Gasteiger partial charge in [-0.2, -0.15) is 0 Å². The molecule has 3 heterocycles. The number of aryl methyl sites for hydroxylation is 1. The highest BCUT2D eigenvalue weighted by Crippen LogP contribution is 2.31. The van der Waals surface area contributed by atoms with Gasteiger partial charge in [-0.25, -0.2) is 9.88 Å². The van der Waals surface area contributed by atoms with Crippen molar-refractivity contribution >= 4 is 34.5 Å². The number of ether oxygens (including phenoxy) is 1. The monoisotopic (exact) mass is 509 g/mol. The molecule has 8 heteroatoms. The Labute approximate surface area is 219 Å². The third kappa shape index (κ3) is 4.48. The second kappa shape index (κ2) is 9.87. The molecule has 8 nitrogen and oxygen atoms in total. The molecule has 6 rings (SSSR count). The SMILES string of the molecule is Cc1cccc(C(=O)N(CC2CCCO2)C2CC(=O)N(c3ccc(-c4nc5ccccc5o4)cc3)C2=O)c1. The Morgan fingerprint density at radius 2 is 1.87 bits per heavy atom. The Balaban J connectivity index is 1.26. The van der Waals surface area contributed by atoms with Crippen LogP contribution >= 0.6 is 0 Å². The lowest BCUT2D eigenvalue weighted by atomic mass is 10.1. The highest BCUT2D eigenvalue weighted by atomic mass is 16.5. The van der Waals surface area contributed by atoms with E-state index in [9.17, 15) is 14.4 Å². The first-order valence-corrected chi connectivity index (χ1v) is 12.8. The fourth-order valence-corrected chi connectivity index (χ4v) is 5.18. The van der Waals surface area contributed by atoms with Crippen LogP contribution in [0.15, 0.2) is 77.2 Å². The zero-order valence-corrected chi connectivity index (χ0v) is 21.0. The van der Waals surface area contributed by atoms with Crippen LogP contribution in [0.3, 0.4) is 0 Å². The van der Waals surface area contributed by atoms with E-state index in [4.69, 9.17) is 9.15 Å². The van der Waals surface area contributed by atoms with Crippen molar-refractivity contribution in [3.8, 4) is 11.5 Å². The van der Waals surface area contributed by atoms with Gasteiger partial charge in [-0.3, -0.25) is 14.4 Å². The van der Waals surface area contributed by atoms with Crippen molar-refractivity contribution in [1.29, 1.82) is 0 Å². The number of amides is 3. The standard InChI is InChI=1S/C30H27N3O5/c1-19-6-4-7-21(16-19)29(35)32(18-23-8-5-15-37-23)25-17-27(34)33(30(25)36)22-13-11-20(12-14-22)28-31-24-9-2-3-10-26(24)38-28/h2-4,6-7,9-14,16,23,25H,5,8,15,17-18H2,1H3. The summed E-state index contributed by atoms with van der Waals surface area (Å²) in [6.45, 7) is 2.81. The van der Waals surface area contributed by atoms with E-state index >= 15 is 0 Å².